The molecule has 0 radical (unpaired) electrons. The Morgan fingerprint density at radius 2 is 1.74 bits per heavy atom. The number of rotatable bonds is 4. The molecule has 2 rings (SSSR count). The van der Waals surface area contributed by atoms with Crippen LogP contribution in [-0.4, -0.2) is 46.6 Å². The molecule has 0 unspecified atom stereocenters. The van der Waals surface area contributed by atoms with Gasteiger partial charge in [-0.1, -0.05) is 0 Å². The number of carbonyl (C=O) groups is 1. The van der Waals surface area contributed by atoms with Gasteiger partial charge in [0.2, 0.25) is 0 Å². The molecule has 124 valence electrons. The Morgan fingerprint density at radius 1 is 1.13 bits per heavy atom. The fraction of sp³-hybridized carbons (Fsp3) is 0.0909. The van der Waals surface area contributed by atoms with Crippen LogP contribution in [0, 0.1) is 0 Å². The fourth-order valence-corrected chi connectivity index (χ4v) is 3.07. The van der Waals surface area contributed by atoms with Gasteiger partial charge in [-0.2, -0.15) is 21.9 Å². The van der Waals surface area contributed by atoms with E-state index in [-0.39, 0.29) is 11.4 Å². The first kappa shape index (κ1) is 17.1. The Kier molecular flexibility index (Phi) is 4.02. The van der Waals surface area contributed by atoms with Gasteiger partial charge in [0.05, 0.1) is 16.8 Å². The predicted molar refractivity (Wildman–Crippen MR) is 74.9 cm³/mol. The van der Waals surface area contributed by atoms with Crippen LogP contribution in [0.3, 0.4) is 0 Å². The average molecular weight is 362 g/mol. The van der Waals surface area contributed by atoms with Crippen molar-refractivity contribution >= 4 is 26.0 Å². The molecular weight excluding hydrogens is 352 g/mol. The van der Waals surface area contributed by atoms with Gasteiger partial charge in [-0.05, 0) is 18.2 Å². The van der Waals surface area contributed by atoms with Crippen LogP contribution in [-0.2, 0) is 20.2 Å². The summed E-state index contributed by atoms with van der Waals surface area (Å²) in [5.74, 6) is -1.12. The van der Waals surface area contributed by atoms with E-state index in [4.69, 9.17) is 4.55 Å². The van der Waals surface area contributed by atoms with Gasteiger partial charge in [0.1, 0.15) is 4.90 Å². The highest BCUT2D eigenvalue weighted by molar-refractivity contribution is 7.86. The predicted octanol–water partition coefficient (Wildman–Crippen LogP) is 0.274. The van der Waals surface area contributed by atoms with Crippen molar-refractivity contribution in [1.29, 1.82) is 0 Å². The quantitative estimate of drug-likeness (QED) is 0.511. The summed E-state index contributed by atoms with van der Waals surface area (Å²) >= 11 is 0. The van der Waals surface area contributed by atoms with E-state index >= 15 is 0 Å². The number of carbonyl (C=O) groups excluding carboxylic acids is 1. The Hall–Kier alpha value is -2.28. The number of aromatic nitrogens is 2. The monoisotopic (exact) mass is 362 g/mol. The summed E-state index contributed by atoms with van der Waals surface area (Å²) in [6.07, 6.45) is 0.911. The summed E-state index contributed by atoms with van der Waals surface area (Å²) in [7, 11) is -9.60. The van der Waals surface area contributed by atoms with Crippen LogP contribution in [0.1, 0.15) is 17.4 Å². The summed E-state index contributed by atoms with van der Waals surface area (Å²) in [4.78, 5) is 9.61. The third-order valence-corrected chi connectivity index (χ3v) is 4.51. The molecule has 0 bridgehead atoms. The molecule has 0 saturated heterocycles. The minimum Gasteiger partial charge on any atom is -0.504 e. The molecule has 0 atom stereocenters. The Labute approximate surface area is 130 Å². The van der Waals surface area contributed by atoms with Crippen molar-refractivity contribution in [3.63, 3.8) is 0 Å². The van der Waals surface area contributed by atoms with Crippen LogP contribution in [0.5, 0.6) is 5.75 Å². The van der Waals surface area contributed by atoms with Gasteiger partial charge in [0.15, 0.2) is 17.2 Å². The number of aromatic hydroxyl groups is 1. The molecule has 12 heteroatoms. The van der Waals surface area contributed by atoms with Gasteiger partial charge in [0.25, 0.3) is 20.2 Å². The Balaban J connectivity index is 2.78. The first-order valence-corrected chi connectivity index (χ1v) is 8.68. The number of hydrogen-bond acceptors (Lipinski definition) is 7. The molecule has 2 aromatic rings. The first-order chi connectivity index (χ1) is 10.4. The smallest absolute Gasteiger partial charge is 0.296 e. The number of hydrogen-bond donors (Lipinski definition) is 3. The fourth-order valence-electron chi connectivity index (χ4n) is 1.79. The van der Waals surface area contributed by atoms with E-state index in [1.54, 1.807) is 0 Å². The molecule has 23 heavy (non-hydrogen) atoms. The normalized spacial score (nSPS) is 12.3. The zero-order valence-corrected chi connectivity index (χ0v) is 13.0. The standard InChI is InChI=1S/C11H10N2O8S2/c1-6(14)11-9(15)5-13(12-11)8-3-2-7(22(16,17)18)4-10(8)23(19,20)21/h2-5,15H,1H3,(H,16,17,18)(H,19,20,21). The first-order valence-electron chi connectivity index (χ1n) is 5.80. The van der Waals surface area contributed by atoms with Crippen LogP contribution in [0.4, 0.5) is 0 Å². The lowest BCUT2D eigenvalue weighted by atomic mass is 10.3. The lowest BCUT2D eigenvalue weighted by Crippen LogP contribution is -2.09. The maximum Gasteiger partial charge on any atom is 0.296 e. The van der Waals surface area contributed by atoms with Crippen molar-refractivity contribution in [2.24, 2.45) is 0 Å². The van der Waals surface area contributed by atoms with Gasteiger partial charge >= 0.3 is 0 Å². The van der Waals surface area contributed by atoms with E-state index in [0.29, 0.717) is 6.07 Å². The second-order valence-corrected chi connectivity index (χ2v) is 7.25. The van der Waals surface area contributed by atoms with Crippen LogP contribution >= 0.6 is 0 Å². The van der Waals surface area contributed by atoms with Gasteiger partial charge in [-0.25, -0.2) is 4.68 Å². The SMILES string of the molecule is CC(=O)c1nn(-c2ccc(S(=O)(=O)O)cc2S(=O)(=O)O)cc1O. The summed E-state index contributed by atoms with van der Waals surface area (Å²) in [6, 6.07) is 2.32. The zero-order valence-electron chi connectivity index (χ0n) is 11.4. The molecule has 3 N–H and O–H groups in total. The highest BCUT2D eigenvalue weighted by atomic mass is 32.2. The van der Waals surface area contributed by atoms with Crippen molar-refractivity contribution in [2.75, 3.05) is 0 Å². The van der Waals surface area contributed by atoms with E-state index in [1.165, 1.54) is 0 Å². The minimum absolute atomic E-state index is 0.331. The van der Waals surface area contributed by atoms with Crippen LogP contribution in [0.2, 0.25) is 0 Å². The lowest BCUT2D eigenvalue weighted by Gasteiger charge is -2.08. The third kappa shape index (κ3) is 3.39. The van der Waals surface area contributed by atoms with Crippen molar-refractivity contribution < 1.29 is 35.8 Å². The molecule has 0 amide bonds. The van der Waals surface area contributed by atoms with E-state index in [0.717, 1.165) is 29.9 Å². The summed E-state index contributed by atoms with van der Waals surface area (Å²) < 4.78 is 64.0. The second kappa shape index (κ2) is 5.42. The molecular formula is C11H10N2O8S2. The molecule has 1 aromatic heterocycles. The van der Waals surface area contributed by atoms with Crippen molar-refractivity contribution in [3.05, 3.63) is 30.1 Å². The number of benzene rings is 1. The average Bonchev–Trinajstić information content (AvgIpc) is 2.78. The molecule has 0 aliphatic rings. The highest BCUT2D eigenvalue weighted by Crippen LogP contribution is 2.26. The molecule has 0 fully saturated rings. The molecule has 0 spiro atoms. The Bertz CT molecular complexity index is 1000. The van der Waals surface area contributed by atoms with Gasteiger partial charge in [-0.3, -0.25) is 13.9 Å². The largest absolute Gasteiger partial charge is 0.504 e. The van der Waals surface area contributed by atoms with E-state index in [2.05, 4.69) is 5.10 Å². The molecule has 0 saturated carbocycles. The molecule has 10 nitrogen and oxygen atoms in total. The van der Waals surface area contributed by atoms with Gasteiger partial charge in [0, 0.05) is 6.92 Å². The Morgan fingerprint density at radius 3 is 2.17 bits per heavy atom. The highest BCUT2D eigenvalue weighted by Gasteiger charge is 2.23. The summed E-state index contributed by atoms with van der Waals surface area (Å²) in [5.41, 5.74) is -0.673. The minimum atomic E-state index is -4.89. The van der Waals surface area contributed by atoms with E-state index in [9.17, 15) is 31.3 Å². The molecule has 0 aliphatic heterocycles. The number of Topliss-reactive ketones (excluding diaryl/α,β-unsaturated/α-hetero) is 1. The van der Waals surface area contributed by atoms with Crippen molar-refractivity contribution in [3.8, 4) is 11.4 Å². The number of nitrogens with zero attached hydrogens (tertiary/aromatic N) is 2. The lowest BCUT2D eigenvalue weighted by molar-refractivity contribution is 0.101. The van der Waals surface area contributed by atoms with Crippen LogP contribution in [0.25, 0.3) is 5.69 Å². The molecule has 1 aromatic carbocycles. The van der Waals surface area contributed by atoms with Crippen molar-refractivity contribution in [1.82, 2.24) is 9.78 Å². The number of ketones is 1. The van der Waals surface area contributed by atoms with E-state index < -0.39 is 41.6 Å². The molecule has 1 heterocycles. The summed E-state index contributed by atoms with van der Waals surface area (Å²) in [5, 5.41) is 13.3. The zero-order chi connectivity index (χ0) is 17.6. The van der Waals surface area contributed by atoms with E-state index in [1.807, 2.05) is 0 Å². The maximum atomic E-state index is 11.4. The van der Waals surface area contributed by atoms with Gasteiger partial charge < -0.3 is 5.11 Å². The van der Waals surface area contributed by atoms with Crippen LogP contribution < -0.4 is 0 Å². The maximum absolute atomic E-state index is 11.4. The topological polar surface area (TPSA) is 164 Å². The van der Waals surface area contributed by atoms with Gasteiger partial charge in [-0.15, -0.1) is 0 Å². The van der Waals surface area contributed by atoms with Crippen molar-refractivity contribution in [2.45, 2.75) is 16.7 Å². The van der Waals surface area contributed by atoms with Crippen LogP contribution in [0.15, 0.2) is 34.2 Å². The second-order valence-electron chi connectivity index (χ2n) is 4.44. The molecule has 0 aliphatic carbocycles. The summed E-state index contributed by atoms with van der Waals surface area (Å²) in [6.45, 7) is 1.12. The third-order valence-electron chi connectivity index (χ3n) is 2.78.